The quantitative estimate of drug-likeness (QED) is 0.707. The van der Waals surface area contributed by atoms with E-state index >= 15 is 0 Å². The van der Waals surface area contributed by atoms with Gasteiger partial charge >= 0.3 is 5.97 Å². The number of aromatic amines is 1. The molecule has 2 aromatic rings. The average Bonchev–Trinajstić information content (AvgIpc) is 2.89. The van der Waals surface area contributed by atoms with Crippen molar-refractivity contribution in [1.82, 2.24) is 25.3 Å². The van der Waals surface area contributed by atoms with Gasteiger partial charge in [0.25, 0.3) is 0 Å². The summed E-state index contributed by atoms with van der Waals surface area (Å²) in [6.45, 7) is -0.177. The highest BCUT2D eigenvalue weighted by Gasteiger charge is 2.18. The lowest BCUT2D eigenvalue weighted by atomic mass is 10.2. The van der Waals surface area contributed by atoms with Gasteiger partial charge in [-0.05, 0) is 18.2 Å². The molecule has 9 nitrogen and oxygen atoms in total. The fraction of sp³-hybridized carbons (Fsp3) is 0.111. The molecule has 11 heteroatoms. The van der Waals surface area contributed by atoms with Gasteiger partial charge in [-0.2, -0.15) is 5.21 Å². The van der Waals surface area contributed by atoms with Crippen LogP contribution in [0.3, 0.4) is 0 Å². The first kappa shape index (κ1) is 14.4. The summed E-state index contributed by atoms with van der Waals surface area (Å²) in [7, 11) is -3.90. The number of nitrogens with zero attached hydrogens (tertiary/aromatic N) is 3. The molecule has 20 heavy (non-hydrogen) atoms. The molecule has 0 amide bonds. The molecule has 0 atom stereocenters. The molecule has 0 radical (unpaired) electrons. The second-order valence-electron chi connectivity index (χ2n) is 3.60. The number of hydrogen-bond donors (Lipinski definition) is 3. The van der Waals surface area contributed by atoms with E-state index in [0.717, 1.165) is 6.07 Å². The maximum absolute atomic E-state index is 12.0. The van der Waals surface area contributed by atoms with E-state index in [1.807, 2.05) is 0 Å². The van der Waals surface area contributed by atoms with Crippen molar-refractivity contribution in [2.75, 3.05) is 0 Å². The zero-order valence-corrected chi connectivity index (χ0v) is 11.3. The summed E-state index contributed by atoms with van der Waals surface area (Å²) in [6, 6.07) is 3.38. The van der Waals surface area contributed by atoms with Crippen LogP contribution in [-0.4, -0.2) is 40.1 Å². The Morgan fingerprint density at radius 2 is 2.20 bits per heavy atom. The minimum absolute atomic E-state index is 0.0467. The molecule has 0 saturated heterocycles. The average molecular weight is 318 g/mol. The number of hydrogen-bond acceptors (Lipinski definition) is 6. The third-order valence-corrected chi connectivity index (χ3v) is 4.02. The molecule has 0 saturated carbocycles. The van der Waals surface area contributed by atoms with Gasteiger partial charge in [0.1, 0.15) is 0 Å². The number of carboxylic acid groups (broad SMARTS) is 1. The number of carbonyl (C=O) groups is 1. The maximum Gasteiger partial charge on any atom is 0.337 e. The SMILES string of the molecule is O=C(O)c1cc(S(=O)(=O)NCc2nn[nH]n2)ccc1Cl. The minimum Gasteiger partial charge on any atom is -0.478 e. The van der Waals surface area contributed by atoms with Gasteiger partial charge in [0, 0.05) is 0 Å². The molecule has 0 fully saturated rings. The molecule has 0 aliphatic heterocycles. The van der Waals surface area contributed by atoms with Crippen LogP contribution in [0.15, 0.2) is 23.1 Å². The van der Waals surface area contributed by atoms with Crippen LogP contribution < -0.4 is 4.72 Å². The van der Waals surface area contributed by atoms with Crippen molar-refractivity contribution in [1.29, 1.82) is 0 Å². The topological polar surface area (TPSA) is 138 Å². The molecule has 0 spiro atoms. The number of benzene rings is 1. The Balaban J connectivity index is 2.25. The van der Waals surface area contributed by atoms with Gasteiger partial charge in [0.05, 0.1) is 22.0 Å². The number of tetrazole rings is 1. The zero-order valence-electron chi connectivity index (χ0n) is 9.74. The molecule has 1 heterocycles. The molecule has 0 aliphatic rings. The van der Waals surface area contributed by atoms with Crippen molar-refractivity contribution in [3.8, 4) is 0 Å². The summed E-state index contributed by atoms with van der Waals surface area (Å²) < 4.78 is 26.2. The van der Waals surface area contributed by atoms with E-state index in [9.17, 15) is 13.2 Å². The van der Waals surface area contributed by atoms with Crippen LogP contribution in [0.5, 0.6) is 0 Å². The number of nitrogens with one attached hydrogen (secondary N) is 2. The second-order valence-corrected chi connectivity index (χ2v) is 5.77. The number of halogens is 1. The van der Waals surface area contributed by atoms with Gasteiger partial charge in [-0.3, -0.25) is 0 Å². The van der Waals surface area contributed by atoms with Crippen molar-refractivity contribution in [2.24, 2.45) is 0 Å². The van der Waals surface area contributed by atoms with E-state index in [2.05, 4.69) is 25.3 Å². The van der Waals surface area contributed by atoms with E-state index in [1.54, 1.807) is 0 Å². The fourth-order valence-corrected chi connectivity index (χ4v) is 2.54. The van der Waals surface area contributed by atoms with Crippen LogP contribution in [0, 0.1) is 0 Å². The summed E-state index contributed by atoms with van der Waals surface area (Å²) in [6.07, 6.45) is 0. The molecular weight excluding hydrogens is 310 g/mol. The summed E-state index contributed by atoms with van der Waals surface area (Å²) in [5.41, 5.74) is -0.297. The molecule has 1 aromatic carbocycles. The maximum atomic E-state index is 12.0. The third kappa shape index (κ3) is 3.10. The lowest BCUT2D eigenvalue weighted by molar-refractivity contribution is 0.0697. The van der Waals surface area contributed by atoms with Crippen LogP contribution >= 0.6 is 11.6 Å². The largest absolute Gasteiger partial charge is 0.478 e. The highest BCUT2D eigenvalue weighted by molar-refractivity contribution is 7.89. The van der Waals surface area contributed by atoms with Gasteiger partial charge in [-0.15, -0.1) is 10.2 Å². The first-order chi connectivity index (χ1) is 9.40. The summed E-state index contributed by atoms with van der Waals surface area (Å²) >= 11 is 5.67. The Labute approximate surface area is 118 Å². The van der Waals surface area contributed by atoms with Crippen molar-refractivity contribution in [3.63, 3.8) is 0 Å². The zero-order chi connectivity index (χ0) is 14.8. The monoisotopic (exact) mass is 317 g/mol. The second kappa shape index (κ2) is 5.53. The van der Waals surface area contributed by atoms with Crippen molar-refractivity contribution in [3.05, 3.63) is 34.6 Å². The number of aromatic carboxylic acids is 1. The Morgan fingerprint density at radius 1 is 1.45 bits per heavy atom. The van der Waals surface area contributed by atoms with Crippen molar-refractivity contribution >= 4 is 27.6 Å². The smallest absolute Gasteiger partial charge is 0.337 e. The molecule has 1 aromatic heterocycles. The number of aromatic nitrogens is 4. The standard InChI is InChI=1S/C9H8ClN5O4S/c10-7-2-1-5(3-6(7)9(16)17)20(18,19)11-4-8-12-14-15-13-8/h1-3,11H,4H2,(H,16,17)(H,12,13,14,15). The lowest BCUT2D eigenvalue weighted by Gasteiger charge is -2.06. The predicted octanol–water partition coefficient (Wildman–Crippen LogP) is 0.0298. The summed E-state index contributed by atoms with van der Waals surface area (Å²) in [5.74, 6) is -1.16. The highest BCUT2D eigenvalue weighted by atomic mass is 35.5. The molecule has 106 valence electrons. The van der Waals surface area contributed by atoms with E-state index in [-0.39, 0.29) is 27.9 Å². The van der Waals surface area contributed by atoms with Gasteiger partial charge in [-0.1, -0.05) is 16.8 Å². The molecule has 0 bridgehead atoms. The first-order valence-corrected chi connectivity index (χ1v) is 7.01. The third-order valence-electron chi connectivity index (χ3n) is 2.29. The van der Waals surface area contributed by atoms with Crippen LogP contribution in [0.1, 0.15) is 16.2 Å². The predicted molar refractivity (Wildman–Crippen MR) is 66.6 cm³/mol. The highest BCUT2D eigenvalue weighted by Crippen LogP contribution is 2.20. The van der Waals surface area contributed by atoms with Gasteiger partial charge in [0.2, 0.25) is 10.0 Å². The molecule has 0 aliphatic carbocycles. The van der Waals surface area contributed by atoms with Gasteiger partial charge < -0.3 is 5.11 Å². The first-order valence-electron chi connectivity index (χ1n) is 5.15. The number of rotatable bonds is 5. The van der Waals surface area contributed by atoms with Crippen LogP contribution in [-0.2, 0) is 16.6 Å². The van der Waals surface area contributed by atoms with E-state index in [0.29, 0.717) is 0 Å². The number of sulfonamides is 1. The molecular formula is C9H8ClN5O4S. The van der Waals surface area contributed by atoms with E-state index < -0.39 is 16.0 Å². The Kier molecular flexibility index (Phi) is 3.97. The van der Waals surface area contributed by atoms with Gasteiger partial charge in [0.15, 0.2) is 5.82 Å². The van der Waals surface area contributed by atoms with Gasteiger partial charge in [-0.25, -0.2) is 17.9 Å². The van der Waals surface area contributed by atoms with E-state index in [1.165, 1.54) is 12.1 Å². The number of H-pyrrole nitrogens is 1. The van der Waals surface area contributed by atoms with Crippen molar-refractivity contribution in [2.45, 2.75) is 11.4 Å². The fourth-order valence-electron chi connectivity index (χ4n) is 1.34. The summed E-state index contributed by atoms with van der Waals surface area (Å²) in [4.78, 5) is 10.7. The lowest BCUT2D eigenvalue weighted by Crippen LogP contribution is -2.24. The van der Waals surface area contributed by atoms with Crippen molar-refractivity contribution < 1.29 is 18.3 Å². The van der Waals surface area contributed by atoms with Crippen LogP contribution in [0.2, 0.25) is 5.02 Å². The number of carboxylic acids is 1. The minimum atomic E-state index is -3.90. The molecule has 0 unspecified atom stereocenters. The van der Waals surface area contributed by atoms with Crippen LogP contribution in [0.25, 0.3) is 0 Å². The van der Waals surface area contributed by atoms with E-state index in [4.69, 9.17) is 16.7 Å². The Morgan fingerprint density at radius 3 is 2.80 bits per heavy atom. The normalized spacial score (nSPS) is 11.4. The Bertz CT molecular complexity index is 731. The van der Waals surface area contributed by atoms with Crippen LogP contribution in [0.4, 0.5) is 0 Å². The molecule has 2 rings (SSSR count). The summed E-state index contributed by atoms with van der Waals surface area (Å²) in [5, 5.41) is 21.5. The Hall–Kier alpha value is -2.04. The molecule has 3 N–H and O–H groups in total.